The van der Waals surface area contributed by atoms with E-state index in [0.29, 0.717) is 5.57 Å². The molecule has 0 heterocycles. The molecular formula is C9H14O2Y2-2. The molecule has 0 aromatic rings. The molecule has 0 rings (SSSR count). The summed E-state index contributed by atoms with van der Waals surface area (Å²) in [6, 6.07) is 0. The normalized spacial score (nSPS) is 6.15. The monoisotopic (exact) mass is 332 g/mol. The summed E-state index contributed by atoms with van der Waals surface area (Å²) in [4.78, 5) is 19.7. The molecule has 0 bridgehead atoms. The van der Waals surface area contributed by atoms with Crippen molar-refractivity contribution in [1.29, 1.82) is 0 Å². The maximum absolute atomic E-state index is 9.98. The molecule has 0 aromatic heterocycles. The minimum absolute atomic E-state index is 0. The summed E-state index contributed by atoms with van der Waals surface area (Å²) in [6.45, 7) is 11.3. The molecule has 2 nitrogen and oxygen atoms in total. The molecule has 0 atom stereocenters. The van der Waals surface area contributed by atoms with Crippen LogP contribution in [0, 0.1) is 13.0 Å². The smallest absolute Gasteiger partial charge is 0.0000493 e. The van der Waals surface area contributed by atoms with Gasteiger partial charge in [0.2, 0.25) is 0 Å². The van der Waals surface area contributed by atoms with Gasteiger partial charge in [0.15, 0.2) is 0 Å². The summed E-state index contributed by atoms with van der Waals surface area (Å²) in [5.74, 6) is 0.0833. The minimum atomic E-state index is -0.0463. The van der Waals surface area contributed by atoms with E-state index >= 15 is 0 Å². The molecule has 0 aliphatic carbocycles. The van der Waals surface area contributed by atoms with Crippen LogP contribution in [-0.2, 0) is 75.0 Å². The van der Waals surface area contributed by atoms with Crippen LogP contribution in [0.3, 0.4) is 0 Å². The van der Waals surface area contributed by atoms with Gasteiger partial charge in [-0.15, -0.1) is 0 Å². The van der Waals surface area contributed by atoms with Gasteiger partial charge in [0.05, 0.1) is 0 Å². The van der Waals surface area contributed by atoms with E-state index in [1.54, 1.807) is 13.8 Å². The van der Waals surface area contributed by atoms with Gasteiger partial charge in [-0.1, -0.05) is 13.8 Å². The summed E-state index contributed by atoms with van der Waals surface area (Å²) in [7, 11) is 0. The third-order valence-electron chi connectivity index (χ3n) is 0.962. The zero-order valence-electron chi connectivity index (χ0n) is 8.63. The van der Waals surface area contributed by atoms with Crippen LogP contribution in [0.25, 0.3) is 0 Å². The van der Waals surface area contributed by atoms with E-state index in [1.165, 1.54) is 20.3 Å². The fourth-order valence-electron chi connectivity index (χ4n) is 0. The van der Waals surface area contributed by atoms with Crippen molar-refractivity contribution in [2.45, 2.75) is 27.7 Å². The van der Waals surface area contributed by atoms with Crippen LogP contribution in [0.4, 0.5) is 0 Å². The van der Waals surface area contributed by atoms with Gasteiger partial charge >= 0.3 is 0 Å². The van der Waals surface area contributed by atoms with Gasteiger partial charge in [0.25, 0.3) is 0 Å². The maximum atomic E-state index is 9.98. The number of hydrogen-bond acceptors (Lipinski definition) is 2. The molecule has 0 fully saturated rings. The van der Waals surface area contributed by atoms with Crippen molar-refractivity contribution in [2.75, 3.05) is 0 Å². The fraction of sp³-hybridized carbons (Fsp3) is 0.444. The second-order valence-corrected chi connectivity index (χ2v) is 2.14. The Morgan fingerprint density at radius 1 is 1.08 bits per heavy atom. The largest absolute Gasteiger partial charge is 0.407 e. The Labute approximate surface area is 131 Å². The van der Waals surface area contributed by atoms with Crippen molar-refractivity contribution >= 4 is 11.6 Å². The first-order valence-electron chi connectivity index (χ1n) is 3.31. The molecular weight excluding hydrogens is 318 g/mol. The van der Waals surface area contributed by atoms with E-state index in [2.05, 4.69) is 0 Å². The quantitative estimate of drug-likeness (QED) is 0.570. The Balaban J connectivity index is -0.0000000546. The molecule has 0 aromatic carbocycles. The van der Waals surface area contributed by atoms with Crippen molar-refractivity contribution in [3.63, 3.8) is 0 Å². The number of carbonyl (C=O) groups is 2. The van der Waals surface area contributed by atoms with Crippen molar-refractivity contribution in [2.24, 2.45) is 0 Å². The average Bonchev–Trinajstić information content (AvgIpc) is 1.89. The molecule has 4 heteroatoms. The topological polar surface area (TPSA) is 34.1 Å². The Morgan fingerprint density at radius 2 is 1.23 bits per heavy atom. The second-order valence-electron chi connectivity index (χ2n) is 2.14. The molecule has 0 N–H and O–H groups in total. The third-order valence-corrected chi connectivity index (χ3v) is 0.962. The zero-order chi connectivity index (χ0) is 9.44. The molecule has 0 aliphatic rings. The van der Waals surface area contributed by atoms with Gasteiger partial charge in [-0.2, -0.15) is 12.5 Å². The van der Waals surface area contributed by atoms with E-state index in [1.807, 2.05) is 0 Å². The first kappa shape index (κ1) is 23.8. The Bertz CT molecular complexity index is 153. The fourth-order valence-corrected chi connectivity index (χ4v) is 0. The predicted molar refractivity (Wildman–Crippen MR) is 44.8 cm³/mol. The SMILES string of the molecule is C[CH-]C(C)=O.[CH-]=C(C)C(C)=O.[Y].[Y]. The Hall–Kier alpha value is 1.16. The first-order chi connectivity index (χ1) is 4.91. The number of Topliss-reactive ketones (excluding diaryl/α,β-unsaturated/α-hetero) is 2. The number of carbonyl (C=O) groups excluding carboxylic acids is 2. The van der Waals surface area contributed by atoms with Gasteiger partial charge in [-0.25, -0.2) is 0 Å². The van der Waals surface area contributed by atoms with E-state index in [-0.39, 0.29) is 77.0 Å². The van der Waals surface area contributed by atoms with Crippen LogP contribution < -0.4 is 0 Å². The molecule has 0 aliphatic heterocycles. The molecule has 2 radical (unpaired) electrons. The van der Waals surface area contributed by atoms with Crippen LogP contribution in [0.15, 0.2) is 5.57 Å². The van der Waals surface area contributed by atoms with Gasteiger partial charge in [-0.05, 0) is 12.7 Å². The Kier molecular flexibility index (Phi) is 28.5. The number of hydrogen-bond donors (Lipinski definition) is 0. The summed E-state index contributed by atoms with van der Waals surface area (Å²) in [6.07, 6.45) is 1.53. The van der Waals surface area contributed by atoms with Crippen molar-refractivity contribution < 1.29 is 75.0 Å². The van der Waals surface area contributed by atoms with Crippen LogP contribution in [0.2, 0.25) is 0 Å². The van der Waals surface area contributed by atoms with Crippen molar-refractivity contribution in [1.82, 2.24) is 0 Å². The summed E-state index contributed by atoms with van der Waals surface area (Å²) in [5, 5.41) is 0. The molecule has 0 amide bonds. The Morgan fingerprint density at radius 3 is 1.23 bits per heavy atom. The molecule has 0 unspecified atom stereocenters. The third kappa shape index (κ3) is 32.0. The van der Waals surface area contributed by atoms with E-state index in [9.17, 15) is 9.59 Å². The minimum Gasteiger partial charge on any atom is -0.407 e. The first-order valence-corrected chi connectivity index (χ1v) is 3.31. The maximum Gasteiger partial charge on any atom is 0.0000493 e. The van der Waals surface area contributed by atoms with Crippen LogP contribution in [0.5, 0.6) is 0 Å². The number of ketones is 2. The standard InChI is InChI=1S/C5H7O.C4H7O.2Y/c1-4(2)5(3)6;1-3-4(2)5;;/h1H,2-3H3;3H,1-2H3;;/q2*-1;;. The predicted octanol–water partition coefficient (Wildman–Crippen LogP) is 1.75. The van der Waals surface area contributed by atoms with E-state index in [4.69, 9.17) is 6.58 Å². The van der Waals surface area contributed by atoms with Crippen LogP contribution in [0.1, 0.15) is 27.7 Å². The van der Waals surface area contributed by atoms with Gasteiger partial charge in [0, 0.05) is 71.2 Å². The van der Waals surface area contributed by atoms with Crippen molar-refractivity contribution in [3.8, 4) is 0 Å². The molecule has 13 heavy (non-hydrogen) atoms. The summed E-state index contributed by atoms with van der Waals surface area (Å²) < 4.78 is 0. The van der Waals surface area contributed by atoms with Gasteiger partial charge < -0.3 is 16.0 Å². The molecule has 0 spiro atoms. The van der Waals surface area contributed by atoms with Gasteiger partial charge in [0.1, 0.15) is 0 Å². The van der Waals surface area contributed by atoms with Crippen LogP contribution in [-0.4, -0.2) is 11.6 Å². The van der Waals surface area contributed by atoms with Crippen LogP contribution >= 0.6 is 0 Å². The second kappa shape index (κ2) is 15.6. The summed E-state index contributed by atoms with van der Waals surface area (Å²) in [5.41, 5.74) is 0.370. The van der Waals surface area contributed by atoms with E-state index < -0.39 is 0 Å². The molecule has 0 saturated heterocycles. The van der Waals surface area contributed by atoms with Gasteiger partial charge in [-0.3, -0.25) is 6.58 Å². The molecule has 0 saturated carbocycles. The molecule has 70 valence electrons. The van der Waals surface area contributed by atoms with Crippen molar-refractivity contribution in [3.05, 3.63) is 18.6 Å². The summed E-state index contributed by atoms with van der Waals surface area (Å²) >= 11 is 0. The van der Waals surface area contributed by atoms with E-state index in [0.717, 1.165) is 0 Å². The number of allylic oxidation sites excluding steroid dienone is 1. The average molecular weight is 332 g/mol. The zero-order valence-corrected chi connectivity index (χ0v) is 14.3. The number of rotatable bonds is 2.